The second-order valence-corrected chi connectivity index (χ2v) is 3.69. The number of benzene rings is 1. The first-order valence-electron chi connectivity index (χ1n) is 5.11. The Kier molecular flexibility index (Phi) is 2.93. The lowest BCUT2D eigenvalue weighted by Gasteiger charge is -2.01. The Bertz CT molecular complexity index is 543. The quantitative estimate of drug-likeness (QED) is 0.838. The average Bonchev–Trinajstić information content (AvgIpc) is 2.70. The zero-order valence-electron chi connectivity index (χ0n) is 9.29. The molecule has 0 saturated heterocycles. The van der Waals surface area contributed by atoms with Crippen molar-refractivity contribution in [1.82, 2.24) is 9.78 Å². The van der Waals surface area contributed by atoms with Crippen LogP contribution in [0.15, 0.2) is 30.5 Å². The molecule has 0 unspecified atom stereocenters. The number of aliphatic hydroxyl groups is 1. The van der Waals surface area contributed by atoms with Crippen LogP contribution in [-0.2, 0) is 6.61 Å². The Hall–Kier alpha value is -2.14. The van der Waals surface area contributed by atoms with Crippen LogP contribution in [0.5, 0.6) is 0 Å². The van der Waals surface area contributed by atoms with Gasteiger partial charge in [-0.15, -0.1) is 0 Å². The summed E-state index contributed by atoms with van der Waals surface area (Å²) in [5.41, 5.74) is 2.51. The normalized spacial score (nSPS) is 10.5. The van der Waals surface area contributed by atoms with Crippen LogP contribution >= 0.6 is 0 Å². The molecule has 1 aromatic carbocycles. The fourth-order valence-electron chi connectivity index (χ4n) is 1.54. The van der Waals surface area contributed by atoms with Gasteiger partial charge in [-0.05, 0) is 31.2 Å². The zero-order valence-corrected chi connectivity index (χ0v) is 9.29. The molecule has 2 rings (SSSR count). The second-order valence-electron chi connectivity index (χ2n) is 3.69. The topological polar surface area (TPSA) is 75.4 Å². The van der Waals surface area contributed by atoms with Crippen molar-refractivity contribution in [3.05, 3.63) is 47.3 Å². The molecule has 88 valence electrons. The molecule has 0 aliphatic rings. The molecular weight excluding hydrogens is 220 g/mol. The number of aromatic carboxylic acids is 1. The number of hydrogen-bond acceptors (Lipinski definition) is 3. The summed E-state index contributed by atoms with van der Waals surface area (Å²) in [7, 11) is 0. The highest BCUT2D eigenvalue weighted by Gasteiger charge is 2.06. The van der Waals surface area contributed by atoms with Crippen LogP contribution in [0.3, 0.4) is 0 Å². The molecule has 0 radical (unpaired) electrons. The maximum atomic E-state index is 10.7. The van der Waals surface area contributed by atoms with Gasteiger partial charge in [0.2, 0.25) is 0 Å². The minimum Gasteiger partial charge on any atom is -0.478 e. The lowest BCUT2D eigenvalue weighted by Crippen LogP contribution is -1.98. The second kappa shape index (κ2) is 4.39. The number of rotatable bonds is 3. The van der Waals surface area contributed by atoms with E-state index in [4.69, 9.17) is 10.2 Å². The Morgan fingerprint density at radius 1 is 1.35 bits per heavy atom. The van der Waals surface area contributed by atoms with Crippen molar-refractivity contribution in [2.75, 3.05) is 0 Å². The lowest BCUT2D eigenvalue weighted by molar-refractivity contribution is 0.0697. The third-order valence-corrected chi connectivity index (χ3v) is 2.55. The molecule has 0 aliphatic carbocycles. The molecule has 1 heterocycles. The van der Waals surface area contributed by atoms with Crippen molar-refractivity contribution < 1.29 is 15.0 Å². The van der Waals surface area contributed by atoms with Crippen LogP contribution in [0, 0.1) is 6.92 Å². The van der Waals surface area contributed by atoms with Gasteiger partial charge in [0.05, 0.1) is 23.6 Å². The van der Waals surface area contributed by atoms with Crippen molar-refractivity contribution in [3.8, 4) is 5.69 Å². The highest BCUT2D eigenvalue weighted by molar-refractivity contribution is 5.87. The van der Waals surface area contributed by atoms with Gasteiger partial charge in [-0.25, -0.2) is 9.48 Å². The number of carboxylic acid groups (broad SMARTS) is 1. The first kappa shape index (κ1) is 11.3. The van der Waals surface area contributed by atoms with Gasteiger partial charge in [0.15, 0.2) is 0 Å². The third-order valence-electron chi connectivity index (χ3n) is 2.55. The summed E-state index contributed by atoms with van der Waals surface area (Å²) in [4.78, 5) is 10.7. The van der Waals surface area contributed by atoms with Gasteiger partial charge in [0, 0.05) is 11.8 Å². The molecule has 0 bridgehead atoms. The number of aromatic nitrogens is 2. The van der Waals surface area contributed by atoms with Crippen molar-refractivity contribution >= 4 is 5.97 Å². The summed E-state index contributed by atoms with van der Waals surface area (Å²) in [6.07, 6.45) is 1.73. The molecule has 17 heavy (non-hydrogen) atoms. The molecule has 0 spiro atoms. The van der Waals surface area contributed by atoms with Crippen molar-refractivity contribution in [1.29, 1.82) is 0 Å². The van der Waals surface area contributed by atoms with E-state index in [0.717, 1.165) is 16.9 Å². The van der Waals surface area contributed by atoms with Crippen LogP contribution in [0.25, 0.3) is 5.69 Å². The Balaban J connectivity index is 2.36. The van der Waals surface area contributed by atoms with Gasteiger partial charge < -0.3 is 10.2 Å². The Labute approximate surface area is 97.9 Å². The monoisotopic (exact) mass is 232 g/mol. The number of aliphatic hydroxyl groups excluding tert-OH is 1. The van der Waals surface area contributed by atoms with Crippen molar-refractivity contribution in [2.45, 2.75) is 13.5 Å². The number of aryl methyl sites for hydroxylation is 1. The molecule has 0 aliphatic heterocycles. The molecule has 1 aromatic heterocycles. The van der Waals surface area contributed by atoms with Gasteiger partial charge in [-0.3, -0.25) is 0 Å². The van der Waals surface area contributed by atoms with E-state index >= 15 is 0 Å². The van der Waals surface area contributed by atoms with Crippen LogP contribution in [0.1, 0.15) is 21.6 Å². The lowest BCUT2D eigenvalue weighted by atomic mass is 10.2. The number of hydrogen-bond donors (Lipinski definition) is 2. The van der Waals surface area contributed by atoms with Crippen LogP contribution < -0.4 is 0 Å². The summed E-state index contributed by atoms with van der Waals surface area (Å²) in [6.45, 7) is 1.76. The number of carboxylic acids is 1. The molecule has 5 nitrogen and oxygen atoms in total. The highest BCUT2D eigenvalue weighted by atomic mass is 16.4. The first-order chi connectivity index (χ1) is 8.11. The predicted molar refractivity (Wildman–Crippen MR) is 61.2 cm³/mol. The van der Waals surface area contributed by atoms with Crippen molar-refractivity contribution in [3.63, 3.8) is 0 Å². The summed E-state index contributed by atoms with van der Waals surface area (Å²) >= 11 is 0. The van der Waals surface area contributed by atoms with Crippen LogP contribution in [0.2, 0.25) is 0 Å². The fraction of sp³-hybridized carbons (Fsp3) is 0.167. The summed E-state index contributed by atoms with van der Waals surface area (Å²) in [5.74, 6) is -0.954. The van der Waals surface area contributed by atoms with E-state index in [0.29, 0.717) is 0 Å². The average molecular weight is 232 g/mol. The van der Waals surface area contributed by atoms with Gasteiger partial charge in [0.25, 0.3) is 0 Å². The minimum atomic E-state index is -0.954. The number of nitrogens with zero attached hydrogens (tertiary/aromatic N) is 2. The maximum Gasteiger partial charge on any atom is 0.335 e. The molecule has 2 aromatic rings. The van der Waals surface area contributed by atoms with E-state index in [1.807, 2.05) is 6.92 Å². The SMILES string of the molecule is Cc1nn(-c2ccc(C(=O)O)cc2)cc1CO. The molecule has 0 amide bonds. The summed E-state index contributed by atoms with van der Waals surface area (Å²) in [5, 5.41) is 22.1. The van der Waals surface area contributed by atoms with Gasteiger partial charge in [-0.1, -0.05) is 0 Å². The first-order valence-corrected chi connectivity index (χ1v) is 5.11. The number of carbonyl (C=O) groups is 1. The molecule has 0 atom stereocenters. The predicted octanol–water partition coefficient (Wildman–Crippen LogP) is 1.37. The molecule has 5 heteroatoms. The molecule has 0 saturated carbocycles. The standard InChI is InChI=1S/C12H12N2O3/c1-8-10(7-15)6-14(13-8)11-4-2-9(3-5-11)12(16)17/h2-6,15H,7H2,1H3,(H,16,17). The van der Waals surface area contributed by atoms with Gasteiger partial charge in [0.1, 0.15) is 0 Å². The van der Waals surface area contributed by atoms with Crippen LogP contribution in [0.4, 0.5) is 0 Å². The van der Waals surface area contributed by atoms with Crippen molar-refractivity contribution in [2.24, 2.45) is 0 Å². The smallest absolute Gasteiger partial charge is 0.335 e. The van der Waals surface area contributed by atoms with E-state index in [1.165, 1.54) is 12.1 Å². The van der Waals surface area contributed by atoms with Crippen LogP contribution in [-0.4, -0.2) is 26.0 Å². The zero-order chi connectivity index (χ0) is 12.4. The third kappa shape index (κ3) is 2.19. The van der Waals surface area contributed by atoms with E-state index in [-0.39, 0.29) is 12.2 Å². The largest absolute Gasteiger partial charge is 0.478 e. The fourth-order valence-corrected chi connectivity index (χ4v) is 1.54. The Morgan fingerprint density at radius 2 is 2.00 bits per heavy atom. The van der Waals surface area contributed by atoms with Gasteiger partial charge >= 0.3 is 5.97 Å². The summed E-state index contributed by atoms with van der Waals surface area (Å²) < 4.78 is 1.62. The molecular formula is C12H12N2O3. The van der Waals surface area contributed by atoms with E-state index in [1.54, 1.807) is 23.0 Å². The molecule has 2 N–H and O–H groups in total. The van der Waals surface area contributed by atoms with E-state index < -0.39 is 5.97 Å². The minimum absolute atomic E-state index is 0.0565. The van der Waals surface area contributed by atoms with E-state index in [2.05, 4.69) is 5.10 Å². The summed E-state index contributed by atoms with van der Waals surface area (Å²) in [6, 6.07) is 6.40. The Morgan fingerprint density at radius 3 is 2.47 bits per heavy atom. The van der Waals surface area contributed by atoms with Gasteiger partial charge in [-0.2, -0.15) is 5.10 Å². The maximum absolute atomic E-state index is 10.7. The highest BCUT2D eigenvalue weighted by Crippen LogP contribution is 2.13. The molecule has 0 fully saturated rings. The van der Waals surface area contributed by atoms with E-state index in [9.17, 15) is 4.79 Å².